The van der Waals surface area contributed by atoms with Crippen molar-refractivity contribution in [2.75, 3.05) is 37.7 Å². The van der Waals surface area contributed by atoms with Crippen molar-refractivity contribution in [1.29, 1.82) is 0 Å². The number of hydrogen-bond acceptors (Lipinski definition) is 6. The van der Waals surface area contributed by atoms with Gasteiger partial charge in [0, 0.05) is 32.2 Å². The predicted molar refractivity (Wildman–Crippen MR) is 119 cm³/mol. The number of carbonyl (C=O) groups is 1. The third-order valence-electron chi connectivity index (χ3n) is 4.99. The number of anilines is 1. The first kappa shape index (κ1) is 20.9. The highest BCUT2D eigenvalue weighted by molar-refractivity contribution is 6.32. The van der Waals surface area contributed by atoms with E-state index < -0.39 is 0 Å². The first-order valence-corrected chi connectivity index (χ1v) is 10.4. The predicted octanol–water partition coefficient (Wildman–Crippen LogP) is 3.96. The van der Waals surface area contributed by atoms with E-state index in [1.165, 1.54) is 6.33 Å². The molecule has 7 nitrogen and oxygen atoms in total. The first-order chi connectivity index (χ1) is 15.1. The van der Waals surface area contributed by atoms with Gasteiger partial charge < -0.3 is 19.3 Å². The van der Waals surface area contributed by atoms with Gasteiger partial charge in [0.25, 0.3) is 5.91 Å². The largest absolute Gasteiger partial charge is 0.484 e. The minimum atomic E-state index is -0.0238. The van der Waals surface area contributed by atoms with E-state index in [9.17, 15) is 4.79 Å². The molecule has 1 aromatic heterocycles. The fraction of sp³-hybridized carbons (Fsp3) is 0.261. The van der Waals surface area contributed by atoms with Gasteiger partial charge in [-0.3, -0.25) is 4.79 Å². The summed E-state index contributed by atoms with van der Waals surface area (Å²) < 4.78 is 11.4. The Morgan fingerprint density at radius 2 is 1.81 bits per heavy atom. The lowest BCUT2D eigenvalue weighted by Crippen LogP contribution is -2.50. The summed E-state index contributed by atoms with van der Waals surface area (Å²) in [6.45, 7) is 4.53. The minimum Gasteiger partial charge on any atom is -0.484 e. The topological polar surface area (TPSA) is 67.8 Å². The molecule has 160 valence electrons. The number of rotatable bonds is 6. The quantitative estimate of drug-likeness (QED) is 0.580. The summed E-state index contributed by atoms with van der Waals surface area (Å²) in [5.74, 6) is 2.40. The van der Waals surface area contributed by atoms with Crippen molar-refractivity contribution < 1.29 is 14.3 Å². The molecule has 4 rings (SSSR count). The summed E-state index contributed by atoms with van der Waals surface area (Å²) >= 11 is 6.22. The third-order valence-corrected chi connectivity index (χ3v) is 5.30. The van der Waals surface area contributed by atoms with Crippen molar-refractivity contribution in [3.63, 3.8) is 0 Å². The van der Waals surface area contributed by atoms with Crippen molar-refractivity contribution in [1.82, 2.24) is 14.9 Å². The lowest BCUT2D eigenvalue weighted by Gasteiger charge is -2.35. The van der Waals surface area contributed by atoms with Gasteiger partial charge in [-0.25, -0.2) is 9.97 Å². The molecule has 8 heteroatoms. The summed E-state index contributed by atoms with van der Waals surface area (Å²) in [6, 6.07) is 16.7. The molecule has 0 aliphatic carbocycles. The maximum absolute atomic E-state index is 12.5. The van der Waals surface area contributed by atoms with Crippen LogP contribution in [0.3, 0.4) is 0 Å². The molecule has 0 unspecified atom stereocenters. The van der Waals surface area contributed by atoms with Crippen LogP contribution in [0.4, 0.5) is 5.82 Å². The molecule has 0 spiro atoms. The highest BCUT2D eigenvalue weighted by Gasteiger charge is 2.22. The van der Waals surface area contributed by atoms with E-state index in [4.69, 9.17) is 21.1 Å². The van der Waals surface area contributed by atoms with Crippen LogP contribution in [-0.4, -0.2) is 53.6 Å². The zero-order chi connectivity index (χ0) is 21.6. The third kappa shape index (κ3) is 5.44. The SMILES string of the molecule is Cc1ccc(Cl)c(Oc2cc(N3CCN(C(=O)COc4ccccc4)CC3)ncn2)c1. The van der Waals surface area contributed by atoms with E-state index in [-0.39, 0.29) is 12.5 Å². The number of ether oxygens (including phenoxy) is 2. The molecule has 1 amide bonds. The van der Waals surface area contributed by atoms with Gasteiger partial charge in [0.2, 0.25) is 5.88 Å². The van der Waals surface area contributed by atoms with Gasteiger partial charge in [0.1, 0.15) is 23.6 Å². The van der Waals surface area contributed by atoms with E-state index in [2.05, 4.69) is 14.9 Å². The Bertz CT molecular complexity index is 1040. The molecule has 2 heterocycles. The standard InChI is InChI=1S/C23H23ClN4O3/c1-17-7-8-19(24)20(13-17)31-22-14-21(25-16-26-22)27-9-11-28(12-10-27)23(29)15-30-18-5-3-2-4-6-18/h2-8,13-14,16H,9-12,15H2,1H3. The second kappa shape index (κ2) is 9.66. The molecule has 0 bridgehead atoms. The zero-order valence-electron chi connectivity index (χ0n) is 17.2. The molecule has 0 N–H and O–H groups in total. The smallest absolute Gasteiger partial charge is 0.260 e. The van der Waals surface area contributed by atoms with E-state index in [1.807, 2.05) is 54.3 Å². The number of carbonyl (C=O) groups excluding carboxylic acids is 1. The minimum absolute atomic E-state index is 0.0238. The Morgan fingerprint density at radius 1 is 1.03 bits per heavy atom. The number of amides is 1. The second-order valence-corrected chi connectivity index (χ2v) is 7.63. The number of para-hydroxylation sites is 1. The molecule has 2 aromatic carbocycles. The molecular formula is C23H23ClN4O3. The van der Waals surface area contributed by atoms with Crippen LogP contribution in [0.2, 0.25) is 5.02 Å². The fourth-order valence-corrected chi connectivity index (χ4v) is 3.45. The lowest BCUT2D eigenvalue weighted by molar-refractivity contribution is -0.133. The molecule has 1 aliphatic rings. The highest BCUT2D eigenvalue weighted by atomic mass is 35.5. The van der Waals surface area contributed by atoms with Gasteiger partial charge in [-0.15, -0.1) is 0 Å². The van der Waals surface area contributed by atoms with E-state index in [0.717, 1.165) is 11.4 Å². The normalized spacial score (nSPS) is 13.7. The zero-order valence-corrected chi connectivity index (χ0v) is 18.0. The number of benzene rings is 2. The van der Waals surface area contributed by atoms with Crippen LogP contribution < -0.4 is 14.4 Å². The fourth-order valence-electron chi connectivity index (χ4n) is 3.30. The number of halogens is 1. The molecule has 0 saturated carbocycles. The molecule has 1 saturated heterocycles. The Balaban J connectivity index is 1.33. The molecule has 1 fully saturated rings. The van der Waals surface area contributed by atoms with Crippen LogP contribution in [0.15, 0.2) is 60.9 Å². The first-order valence-electron chi connectivity index (χ1n) is 10.0. The van der Waals surface area contributed by atoms with Crippen molar-refractivity contribution in [2.45, 2.75) is 6.92 Å². The number of hydrogen-bond donors (Lipinski definition) is 0. The molecule has 0 radical (unpaired) electrons. The Hall–Kier alpha value is -3.32. The van der Waals surface area contributed by atoms with Gasteiger partial charge in [-0.1, -0.05) is 35.9 Å². The van der Waals surface area contributed by atoms with Gasteiger partial charge in [0.15, 0.2) is 6.61 Å². The van der Waals surface area contributed by atoms with Crippen molar-refractivity contribution >= 4 is 23.3 Å². The van der Waals surface area contributed by atoms with Crippen LogP contribution in [0.5, 0.6) is 17.4 Å². The van der Waals surface area contributed by atoms with Crippen LogP contribution in [-0.2, 0) is 4.79 Å². The maximum atomic E-state index is 12.5. The molecule has 1 aliphatic heterocycles. The monoisotopic (exact) mass is 438 g/mol. The van der Waals surface area contributed by atoms with Crippen LogP contribution in [0.1, 0.15) is 5.56 Å². The molecule has 3 aromatic rings. The number of aryl methyl sites for hydroxylation is 1. The van der Waals surface area contributed by atoms with E-state index in [1.54, 1.807) is 12.1 Å². The van der Waals surface area contributed by atoms with Gasteiger partial charge in [-0.2, -0.15) is 0 Å². The summed E-state index contributed by atoms with van der Waals surface area (Å²) in [5.41, 5.74) is 1.05. The summed E-state index contributed by atoms with van der Waals surface area (Å²) in [5, 5.41) is 0.524. The second-order valence-electron chi connectivity index (χ2n) is 7.22. The van der Waals surface area contributed by atoms with E-state index in [0.29, 0.717) is 48.6 Å². The van der Waals surface area contributed by atoms with Crippen LogP contribution in [0.25, 0.3) is 0 Å². The molecular weight excluding hydrogens is 416 g/mol. The Kier molecular flexibility index (Phi) is 6.52. The molecule has 31 heavy (non-hydrogen) atoms. The average Bonchev–Trinajstić information content (AvgIpc) is 2.81. The summed E-state index contributed by atoms with van der Waals surface area (Å²) in [7, 11) is 0. The average molecular weight is 439 g/mol. The Morgan fingerprint density at radius 3 is 2.58 bits per heavy atom. The Labute approximate surface area is 186 Å². The van der Waals surface area contributed by atoms with Crippen LogP contribution in [0, 0.1) is 6.92 Å². The highest BCUT2D eigenvalue weighted by Crippen LogP contribution is 2.30. The van der Waals surface area contributed by atoms with Gasteiger partial charge >= 0.3 is 0 Å². The number of nitrogens with zero attached hydrogens (tertiary/aromatic N) is 4. The lowest BCUT2D eigenvalue weighted by atomic mass is 10.2. The summed E-state index contributed by atoms with van der Waals surface area (Å²) in [6.07, 6.45) is 1.47. The van der Waals surface area contributed by atoms with Gasteiger partial charge in [0.05, 0.1) is 5.02 Å². The number of piperazine rings is 1. The summed E-state index contributed by atoms with van der Waals surface area (Å²) in [4.78, 5) is 24.9. The van der Waals surface area contributed by atoms with Crippen molar-refractivity contribution in [3.05, 3.63) is 71.5 Å². The van der Waals surface area contributed by atoms with Crippen molar-refractivity contribution in [2.24, 2.45) is 0 Å². The maximum Gasteiger partial charge on any atom is 0.260 e. The van der Waals surface area contributed by atoms with Crippen molar-refractivity contribution in [3.8, 4) is 17.4 Å². The number of aromatic nitrogens is 2. The van der Waals surface area contributed by atoms with Gasteiger partial charge in [-0.05, 0) is 36.8 Å². The van der Waals surface area contributed by atoms with E-state index >= 15 is 0 Å². The molecule has 0 atom stereocenters. The van der Waals surface area contributed by atoms with Crippen LogP contribution >= 0.6 is 11.6 Å².